The molecule has 1 aliphatic heterocycles. The first-order valence-electron chi connectivity index (χ1n) is 9.21. The van der Waals surface area contributed by atoms with Gasteiger partial charge in [-0.2, -0.15) is 0 Å². The second-order valence-corrected chi connectivity index (χ2v) is 6.70. The van der Waals surface area contributed by atoms with Gasteiger partial charge in [0.25, 0.3) is 0 Å². The lowest BCUT2D eigenvalue weighted by Gasteiger charge is -2.24. The molecule has 6 heteroatoms. The predicted octanol–water partition coefficient (Wildman–Crippen LogP) is 3.62. The van der Waals surface area contributed by atoms with Crippen molar-refractivity contribution in [2.24, 2.45) is 5.16 Å². The highest BCUT2D eigenvalue weighted by atomic mass is 19.1. The molecule has 0 aromatic heterocycles. The van der Waals surface area contributed by atoms with Gasteiger partial charge in [-0.15, -0.1) is 0 Å². The number of carbonyl (C=O) groups is 1. The van der Waals surface area contributed by atoms with Crippen molar-refractivity contribution in [3.8, 4) is 0 Å². The Kier molecular flexibility index (Phi) is 6.55. The van der Waals surface area contributed by atoms with Crippen molar-refractivity contribution in [1.82, 2.24) is 4.90 Å². The predicted molar refractivity (Wildman–Crippen MR) is 106 cm³/mol. The first-order chi connectivity index (χ1) is 13.5. The van der Waals surface area contributed by atoms with Crippen molar-refractivity contribution in [2.45, 2.75) is 13.3 Å². The monoisotopic (exact) mass is 382 g/mol. The average Bonchev–Trinajstić information content (AvgIpc) is 2.69. The topological polar surface area (TPSA) is 62.1 Å². The zero-order valence-electron chi connectivity index (χ0n) is 15.8. The highest BCUT2D eigenvalue weighted by Crippen LogP contribution is 2.16. The number of aliphatic carboxylic acids is 1. The van der Waals surface area contributed by atoms with E-state index in [0.29, 0.717) is 43.0 Å². The minimum Gasteiger partial charge on any atom is -0.478 e. The fourth-order valence-corrected chi connectivity index (χ4v) is 3.16. The maximum atomic E-state index is 13.7. The Morgan fingerprint density at radius 1 is 1.25 bits per heavy atom. The zero-order valence-corrected chi connectivity index (χ0v) is 15.8. The first-order valence-corrected chi connectivity index (χ1v) is 9.21. The fourth-order valence-electron chi connectivity index (χ4n) is 3.16. The molecule has 0 saturated heterocycles. The number of aryl methyl sites for hydroxylation is 1. The van der Waals surface area contributed by atoms with Gasteiger partial charge >= 0.3 is 5.97 Å². The van der Waals surface area contributed by atoms with E-state index in [-0.39, 0.29) is 5.82 Å². The minimum absolute atomic E-state index is 0.317. The van der Waals surface area contributed by atoms with Crippen molar-refractivity contribution in [3.05, 3.63) is 82.7 Å². The van der Waals surface area contributed by atoms with Gasteiger partial charge in [0.15, 0.2) is 0 Å². The van der Waals surface area contributed by atoms with Crippen LogP contribution in [0.25, 0.3) is 0 Å². The summed E-state index contributed by atoms with van der Waals surface area (Å²) in [6.45, 7) is 4.04. The number of rotatable bonds is 7. The molecule has 0 atom stereocenters. The molecule has 1 N–H and O–H groups in total. The van der Waals surface area contributed by atoms with Gasteiger partial charge < -0.3 is 9.94 Å². The summed E-state index contributed by atoms with van der Waals surface area (Å²) in [4.78, 5) is 18.7. The largest absolute Gasteiger partial charge is 0.478 e. The maximum absolute atomic E-state index is 13.7. The van der Waals surface area contributed by atoms with Crippen molar-refractivity contribution in [1.29, 1.82) is 0 Å². The van der Waals surface area contributed by atoms with Gasteiger partial charge in [-0.3, -0.25) is 4.90 Å². The summed E-state index contributed by atoms with van der Waals surface area (Å²) in [6.07, 6.45) is 2.47. The molecule has 5 nitrogen and oxygen atoms in total. The quantitative estimate of drug-likeness (QED) is 0.451. The van der Waals surface area contributed by atoms with E-state index in [1.54, 1.807) is 18.2 Å². The van der Waals surface area contributed by atoms with E-state index in [1.165, 1.54) is 12.1 Å². The van der Waals surface area contributed by atoms with Crippen LogP contribution in [0.3, 0.4) is 0 Å². The molecule has 28 heavy (non-hydrogen) atoms. The molecule has 146 valence electrons. The third-order valence-electron chi connectivity index (χ3n) is 4.66. The summed E-state index contributed by atoms with van der Waals surface area (Å²) in [5.74, 6) is -1.21. The number of halogens is 1. The average molecular weight is 382 g/mol. The first kappa shape index (κ1) is 19.8. The lowest BCUT2D eigenvalue weighted by atomic mass is 9.98. The van der Waals surface area contributed by atoms with E-state index in [2.05, 4.69) is 5.16 Å². The van der Waals surface area contributed by atoms with Crippen molar-refractivity contribution < 1.29 is 19.1 Å². The van der Waals surface area contributed by atoms with Crippen LogP contribution in [0, 0.1) is 12.7 Å². The Labute approximate surface area is 163 Å². The number of oxime groups is 1. The van der Waals surface area contributed by atoms with E-state index in [9.17, 15) is 9.18 Å². The summed E-state index contributed by atoms with van der Waals surface area (Å²) < 4.78 is 13.7. The number of hydrogen-bond donors (Lipinski definition) is 1. The molecule has 0 fully saturated rings. The fraction of sp³-hybridized carbons (Fsp3) is 0.273. The standard InChI is InChI=1S/C22H23FN2O3/c1-16-6-2-3-10-20(16)21(17-7-4-9-19(23)14-17)24-28-13-12-25-11-5-8-18(15-25)22(26)27/h2-4,6-10,14H,5,11-13,15H2,1H3,(H,26,27)/b24-21-. The van der Waals surface area contributed by atoms with E-state index in [4.69, 9.17) is 9.94 Å². The van der Waals surface area contributed by atoms with Gasteiger partial charge in [0.1, 0.15) is 18.1 Å². The molecule has 1 heterocycles. The van der Waals surface area contributed by atoms with Crippen LogP contribution < -0.4 is 0 Å². The Morgan fingerprint density at radius 3 is 2.82 bits per heavy atom. The summed E-state index contributed by atoms with van der Waals surface area (Å²) in [5, 5.41) is 13.4. The van der Waals surface area contributed by atoms with E-state index < -0.39 is 5.97 Å². The minimum atomic E-state index is -0.878. The molecule has 2 aromatic rings. The van der Waals surface area contributed by atoms with E-state index >= 15 is 0 Å². The Hall–Kier alpha value is -2.99. The third kappa shape index (κ3) is 5.04. The molecule has 3 rings (SSSR count). The van der Waals surface area contributed by atoms with Gasteiger partial charge in [0.05, 0.1) is 0 Å². The summed E-state index contributed by atoms with van der Waals surface area (Å²) >= 11 is 0. The second kappa shape index (κ2) is 9.28. The molecule has 1 aliphatic rings. The Morgan fingerprint density at radius 2 is 2.07 bits per heavy atom. The van der Waals surface area contributed by atoms with Crippen LogP contribution in [0.5, 0.6) is 0 Å². The van der Waals surface area contributed by atoms with Crippen LogP contribution in [0.1, 0.15) is 23.1 Å². The normalized spacial score (nSPS) is 15.2. The smallest absolute Gasteiger partial charge is 0.332 e. The molecule has 0 unspecified atom stereocenters. The van der Waals surface area contributed by atoms with Crippen molar-refractivity contribution in [2.75, 3.05) is 26.2 Å². The number of carboxylic acid groups (broad SMARTS) is 1. The van der Waals surface area contributed by atoms with Crippen LogP contribution in [0.2, 0.25) is 0 Å². The lowest BCUT2D eigenvalue weighted by molar-refractivity contribution is -0.133. The number of nitrogens with zero attached hydrogens (tertiary/aromatic N) is 2. The lowest BCUT2D eigenvalue weighted by Crippen LogP contribution is -2.34. The van der Waals surface area contributed by atoms with Gasteiger partial charge in [-0.05, 0) is 31.0 Å². The Balaban J connectivity index is 1.71. The molecular weight excluding hydrogens is 359 g/mol. The van der Waals surface area contributed by atoms with Crippen molar-refractivity contribution in [3.63, 3.8) is 0 Å². The van der Waals surface area contributed by atoms with E-state index in [0.717, 1.165) is 17.7 Å². The Bertz CT molecular complexity index is 908. The van der Waals surface area contributed by atoms with Crippen LogP contribution in [0.4, 0.5) is 4.39 Å². The van der Waals surface area contributed by atoms with Gasteiger partial charge in [0.2, 0.25) is 0 Å². The number of carboxylic acids is 1. The molecule has 0 spiro atoms. The molecule has 0 saturated carbocycles. The zero-order chi connectivity index (χ0) is 19.9. The molecule has 0 radical (unpaired) electrons. The highest BCUT2D eigenvalue weighted by Gasteiger charge is 2.17. The maximum Gasteiger partial charge on any atom is 0.332 e. The molecule has 0 bridgehead atoms. The number of benzene rings is 2. The summed E-state index contributed by atoms with van der Waals surface area (Å²) in [6, 6.07) is 14.0. The van der Waals surface area contributed by atoms with Crippen LogP contribution in [0.15, 0.2) is 65.3 Å². The summed E-state index contributed by atoms with van der Waals surface area (Å²) in [5.41, 5.74) is 3.52. The molecule has 2 aromatic carbocycles. The SMILES string of the molecule is Cc1ccccc1/C(=N\OCCN1CCC=C(C(=O)O)C1)c1cccc(F)c1. The number of hydrogen-bond acceptors (Lipinski definition) is 4. The van der Waals surface area contributed by atoms with Crippen LogP contribution >= 0.6 is 0 Å². The molecule has 0 amide bonds. The molecular formula is C22H23FN2O3. The van der Waals surface area contributed by atoms with E-state index in [1.807, 2.05) is 36.1 Å². The van der Waals surface area contributed by atoms with Gasteiger partial charge in [0, 0.05) is 36.3 Å². The molecule has 0 aliphatic carbocycles. The van der Waals surface area contributed by atoms with Crippen molar-refractivity contribution >= 4 is 11.7 Å². The highest BCUT2D eigenvalue weighted by molar-refractivity contribution is 6.13. The van der Waals surface area contributed by atoms with Gasteiger partial charge in [-0.1, -0.05) is 47.6 Å². The van der Waals surface area contributed by atoms with Crippen LogP contribution in [-0.4, -0.2) is 47.9 Å². The van der Waals surface area contributed by atoms with Crippen LogP contribution in [-0.2, 0) is 9.63 Å². The second-order valence-electron chi connectivity index (χ2n) is 6.70. The van der Waals surface area contributed by atoms with Gasteiger partial charge in [-0.25, -0.2) is 9.18 Å². The summed E-state index contributed by atoms with van der Waals surface area (Å²) in [7, 11) is 0. The third-order valence-corrected chi connectivity index (χ3v) is 4.66.